The average molecular weight is 300 g/mol. The Morgan fingerprint density at radius 1 is 1.20 bits per heavy atom. The second-order valence-corrected chi connectivity index (χ2v) is 9.86. The van der Waals surface area contributed by atoms with E-state index in [9.17, 15) is 13.2 Å². The molecule has 3 rings (SSSR count). The molecule has 2 bridgehead atoms. The van der Waals surface area contributed by atoms with Gasteiger partial charge in [0.05, 0.1) is 17.4 Å². The fourth-order valence-corrected chi connectivity index (χ4v) is 6.25. The van der Waals surface area contributed by atoms with Crippen LogP contribution in [0.15, 0.2) is 0 Å². The first-order chi connectivity index (χ1) is 9.16. The van der Waals surface area contributed by atoms with E-state index in [0.717, 1.165) is 12.8 Å². The maximum atomic E-state index is 12.2. The first kappa shape index (κ1) is 14.4. The highest BCUT2D eigenvalue weighted by Crippen LogP contribution is 2.66. The van der Waals surface area contributed by atoms with Crippen LogP contribution in [-0.4, -0.2) is 32.0 Å². The van der Waals surface area contributed by atoms with Crippen LogP contribution in [0.1, 0.15) is 46.5 Å². The third kappa shape index (κ3) is 1.92. The van der Waals surface area contributed by atoms with Crippen molar-refractivity contribution in [1.29, 1.82) is 0 Å². The normalized spacial score (nSPS) is 44.6. The van der Waals surface area contributed by atoms with Crippen molar-refractivity contribution < 1.29 is 17.9 Å². The van der Waals surface area contributed by atoms with Crippen LogP contribution < -0.4 is 0 Å². The minimum absolute atomic E-state index is 0.0257. The van der Waals surface area contributed by atoms with E-state index < -0.39 is 15.8 Å². The van der Waals surface area contributed by atoms with Crippen molar-refractivity contribution in [3.8, 4) is 0 Å². The van der Waals surface area contributed by atoms with Gasteiger partial charge in [-0.2, -0.15) is 0 Å². The zero-order valence-electron chi connectivity index (χ0n) is 12.5. The van der Waals surface area contributed by atoms with Crippen molar-refractivity contribution >= 4 is 15.8 Å². The molecule has 0 aromatic heterocycles. The predicted octanol–water partition coefficient (Wildman–Crippen LogP) is 2.18. The summed E-state index contributed by atoms with van der Waals surface area (Å²) in [6.07, 6.45) is 3.65. The number of carbonyl (C=O) groups excluding carboxylic acids is 1. The van der Waals surface area contributed by atoms with E-state index in [4.69, 9.17) is 4.74 Å². The van der Waals surface area contributed by atoms with Gasteiger partial charge in [0.15, 0.2) is 9.84 Å². The Morgan fingerprint density at radius 2 is 1.90 bits per heavy atom. The number of sulfone groups is 1. The summed E-state index contributed by atoms with van der Waals surface area (Å²) in [6, 6.07) is 0. The molecule has 3 fully saturated rings. The van der Waals surface area contributed by atoms with E-state index in [-0.39, 0.29) is 34.4 Å². The van der Waals surface area contributed by atoms with Gasteiger partial charge in [-0.05, 0) is 37.0 Å². The van der Waals surface area contributed by atoms with E-state index in [1.165, 1.54) is 6.42 Å². The minimum atomic E-state index is -3.02. The highest BCUT2D eigenvalue weighted by molar-refractivity contribution is 7.91. The molecule has 1 heterocycles. The number of hydrogen-bond donors (Lipinski definition) is 0. The Morgan fingerprint density at radius 3 is 2.35 bits per heavy atom. The quantitative estimate of drug-likeness (QED) is 0.733. The Bertz CT molecular complexity index is 536. The number of hydrogen-bond acceptors (Lipinski definition) is 4. The lowest BCUT2D eigenvalue weighted by Crippen LogP contribution is -2.39. The molecule has 4 unspecified atom stereocenters. The maximum Gasteiger partial charge on any atom is 0.310 e. The summed E-state index contributed by atoms with van der Waals surface area (Å²) in [5.41, 5.74) is 0.254. The summed E-state index contributed by atoms with van der Waals surface area (Å²) in [6.45, 7) is 6.78. The van der Waals surface area contributed by atoms with E-state index >= 15 is 0 Å². The standard InChI is InChI=1S/C15H24O4S/c1-14(2)11-4-6-15(14,3)12(8-11)19-13(16)10-5-7-20(17,18)9-10/h10-12H,4-9H2,1-3H3. The largest absolute Gasteiger partial charge is 0.462 e. The van der Waals surface area contributed by atoms with Crippen molar-refractivity contribution in [2.75, 3.05) is 11.5 Å². The van der Waals surface area contributed by atoms with Crippen LogP contribution in [0.4, 0.5) is 0 Å². The van der Waals surface area contributed by atoms with Crippen LogP contribution in [0.25, 0.3) is 0 Å². The zero-order valence-corrected chi connectivity index (χ0v) is 13.3. The molecule has 4 atom stereocenters. The molecule has 0 amide bonds. The Labute approximate surface area is 121 Å². The number of esters is 1. The molecule has 20 heavy (non-hydrogen) atoms. The lowest BCUT2D eigenvalue weighted by Gasteiger charge is -2.38. The summed E-state index contributed by atoms with van der Waals surface area (Å²) in [4.78, 5) is 12.2. The fourth-order valence-electron chi connectivity index (χ4n) is 4.53. The number of fused-ring (bicyclic) bond motifs is 2. The highest BCUT2D eigenvalue weighted by atomic mass is 32.2. The van der Waals surface area contributed by atoms with Gasteiger partial charge < -0.3 is 4.74 Å². The van der Waals surface area contributed by atoms with Crippen molar-refractivity contribution in [3.63, 3.8) is 0 Å². The lowest BCUT2D eigenvalue weighted by atomic mass is 9.70. The van der Waals surface area contributed by atoms with Gasteiger partial charge in [-0.1, -0.05) is 20.8 Å². The molecule has 0 aromatic carbocycles. The van der Waals surface area contributed by atoms with Gasteiger partial charge in [-0.25, -0.2) is 8.42 Å². The number of carbonyl (C=O) groups is 1. The van der Waals surface area contributed by atoms with Gasteiger partial charge in [0.1, 0.15) is 6.10 Å². The molecule has 1 aliphatic heterocycles. The Balaban J connectivity index is 1.70. The van der Waals surface area contributed by atoms with Crippen molar-refractivity contribution in [2.24, 2.45) is 22.7 Å². The molecule has 2 saturated carbocycles. The molecule has 4 nitrogen and oxygen atoms in total. The van der Waals surface area contributed by atoms with Gasteiger partial charge in [0.25, 0.3) is 0 Å². The zero-order chi connectivity index (χ0) is 14.8. The summed E-state index contributed by atoms with van der Waals surface area (Å²) in [5, 5.41) is 0. The van der Waals surface area contributed by atoms with Crippen LogP contribution in [0.5, 0.6) is 0 Å². The molecule has 0 spiro atoms. The topological polar surface area (TPSA) is 60.4 Å². The fraction of sp³-hybridized carbons (Fsp3) is 0.933. The van der Waals surface area contributed by atoms with Crippen LogP contribution in [-0.2, 0) is 19.4 Å². The van der Waals surface area contributed by atoms with Crippen LogP contribution in [0.3, 0.4) is 0 Å². The number of rotatable bonds is 2. The third-order valence-electron chi connectivity index (χ3n) is 6.54. The molecule has 1 saturated heterocycles. The maximum absolute atomic E-state index is 12.2. The van der Waals surface area contributed by atoms with E-state index in [0.29, 0.717) is 12.3 Å². The summed E-state index contributed by atoms with van der Waals surface area (Å²) in [5.74, 6) is -0.00522. The first-order valence-corrected chi connectivity index (χ1v) is 9.39. The van der Waals surface area contributed by atoms with E-state index in [2.05, 4.69) is 20.8 Å². The smallest absolute Gasteiger partial charge is 0.310 e. The van der Waals surface area contributed by atoms with Crippen molar-refractivity contribution in [3.05, 3.63) is 0 Å². The van der Waals surface area contributed by atoms with Crippen molar-refractivity contribution in [2.45, 2.75) is 52.6 Å². The van der Waals surface area contributed by atoms with Gasteiger partial charge in [0.2, 0.25) is 0 Å². The summed E-state index contributed by atoms with van der Waals surface area (Å²) >= 11 is 0. The molecule has 3 aliphatic rings. The van der Waals surface area contributed by atoms with Gasteiger partial charge in [-0.3, -0.25) is 4.79 Å². The molecule has 114 valence electrons. The van der Waals surface area contributed by atoms with Gasteiger partial charge in [0, 0.05) is 5.41 Å². The lowest BCUT2D eigenvalue weighted by molar-refractivity contribution is -0.161. The molecule has 0 aromatic rings. The Kier molecular flexibility index (Phi) is 3.03. The predicted molar refractivity (Wildman–Crippen MR) is 75.9 cm³/mol. The minimum Gasteiger partial charge on any atom is -0.462 e. The molecular weight excluding hydrogens is 276 g/mol. The highest BCUT2D eigenvalue weighted by Gasteiger charge is 2.63. The van der Waals surface area contributed by atoms with Crippen LogP contribution >= 0.6 is 0 Å². The Hall–Kier alpha value is -0.580. The van der Waals surface area contributed by atoms with Crippen molar-refractivity contribution in [1.82, 2.24) is 0 Å². The summed E-state index contributed by atoms with van der Waals surface area (Å²) in [7, 11) is -3.02. The molecular formula is C15H24O4S. The first-order valence-electron chi connectivity index (χ1n) is 7.57. The molecule has 2 aliphatic carbocycles. The van der Waals surface area contributed by atoms with E-state index in [1.807, 2.05) is 0 Å². The second-order valence-electron chi connectivity index (χ2n) is 7.64. The SMILES string of the molecule is CC1(C)C2CCC1(C)C(OC(=O)C1CCS(=O)(=O)C1)C2. The molecule has 5 heteroatoms. The van der Waals surface area contributed by atoms with Crippen LogP contribution in [0.2, 0.25) is 0 Å². The number of ether oxygens (including phenoxy) is 1. The average Bonchev–Trinajstić information content (AvgIpc) is 2.87. The second kappa shape index (κ2) is 4.21. The van der Waals surface area contributed by atoms with Gasteiger partial charge >= 0.3 is 5.97 Å². The van der Waals surface area contributed by atoms with Gasteiger partial charge in [-0.15, -0.1) is 0 Å². The monoisotopic (exact) mass is 300 g/mol. The third-order valence-corrected chi connectivity index (χ3v) is 8.31. The van der Waals surface area contributed by atoms with Crippen LogP contribution in [0, 0.1) is 22.7 Å². The molecule has 0 radical (unpaired) electrons. The summed E-state index contributed by atoms with van der Waals surface area (Å²) < 4.78 is 28.7. The molecule has 0 N–H and O–H groups in total. The van der Waals surface area contributed by atoms with E-state index in [1.54, 1.807) is 0 Å².